The molecule has 0 aliphatic carbocycles. The summed E-state index contributed by atoms with van der Waals surface area (Å²) in [6, 6.07) is 10.8. The molecule has 0 aromatic heterocycles. The van der Waals surface area contributed by atoms with Crippen molar-refractivity contribution in [2.75, 3.05) is 7.11 Å². The van der Waals surface area contributed by atoms with Gasteiger partial charge in [0.25, 0.3) is 0 Å². The summed E-state index contributed by atoms with van der Waals surface area (Å²) >= 11 is 3.38. The fourth-order valence-corrected chi connectivity index (χ4v) is 3.86. The van der Waals surface area contributed by atoms with Crippen molar-refractivity contribution in [3.8, 4) is 5.75 Å². The lowest BCUT2D eigenvalue weighted by molar-refractivity contribution is 0.414. The molecule has 0 spiro atoms. The molecule has 6 heteroatoms. The maximum Gasteiger partial charge on any atom is 0.241 e. The van der Waals surface area contributed by atoms with Crippen LogP contribution in [0.5, 0.6) is 5.75 Å². The van der Waals surface area contributed by atoms with Gasteiger partial charge in [-0.05, 0) is 48.7 Å². The summed E-state index contributed by atoms with van der Waals surface area (Å²) in [7, 11) is -1.96. The number of ether oxygens (including phenoxy) is 1. The molecule has 1 N–H and O–H groups in total. The highest BCUT2D eigenvalue weighted by molar-refractivity contribution is 9.10. The van der Waals surface area contributed by atoms with Crippen LogP contribution in [-0.4, -0.2) is 15.5 Å². The molecule has 0 amide bonds. The third-order valence-electron chi connectivity index (χ3n) is 3.37. The number of aryl methyl sites for hydroxylation is 2. The molecule has 22 heavy (non-hydrogen) atoms. The van der Waals surface area contributed by atoms with E-state index in [4.69, 9.17) is 4.74 Å². The second kappa shape index (κ2) is 6.81. The molecular weight excluding hydrogens is 366 g/mol. The van der Waals surface area contributed by atoms with Crippen molar-refractivity contribution in [3.63, 3.8) is 0 Å². The van der Waals surface area contributed by atoms with E-state index in [1.165, 1.54) is 0 Å². The van der Waals surface area contributed by atoms with E-state index in [1.54, 1.807) is 32.2 Å². The van der Waals surface area contributed by atoms with E-state index >= 15 is 0 Å². The fraction of sp³-hybridized carbons (Fsp3) is 0.250. The lowest BCUT2D eigenvalue weighted by Crippen LogP contribution is -2.24. The molecule has 2 rings (SSSR count). The first-order chi connectivity index (χ1) is 10.3. The molecule has 0 atom stereocenters. The zero-order valence-corrected chi connectivity index (χ0v) is 15.1. The van der Waals surface area contributed by atoms with Crippen LogP contribution < -0.4 is 9.46 Å². The Morgan fingerprint density at radius 2 is 1.73 bits per heavy atom. The van der Waals surface area contributed by atoms with E-state index < -0.39 is 10.0 Å². The minimum absolute atomic E-state index is 0.233. The Kier molecular flexibility index (Phi) is 5.26. The van der Waals surface area contributed by atoms with Gasteiger partial charge < -0.3 is 4.74 Å². The normalized spacial score (nSPS) is 11.5. The summed E-state index contributed by atoms with van der Waals surface area (Å²) < 4.78 is 33.4. The largest absolute Gasteiger partial charge is 0.497 e. The van der Waals surface area contributed by atoms with E-state index in [2.05, 4.69) is 20.7 Å². The molecule has 2 aromatic rings. The van der Waals surface area contributed by atoms with Gasteiger partial charge in [-0.2, -0.15) is 0 Å². The van der Waals surface area contributed by atoms with Crippen molar-refractivity contribution in [1.82, 2.24) is 4.72 Å². The van der Waals surface area contributed by atoms with Crippen LogP contribution in [0.2, 0.25) is 0 Å². The van der Waals surface area contributed by atoms with Crippen LogP contribution in [0.1, 0.15) is 16.7 Å². The highest BCUT2D eigenvalue weighted by Crippen LogP contribution is 2.24. The van der Waals surface area contributed by atoms with Gasteiger partial charge in [0.05, 0.1) is 12.0 Å². The minimum Gasteiger partial charge on any atom is -0.497 e. The van der Waals surface area contributed by atoms with Gasteiger partial charge in [-0.1, -0.05) is 34.1 Å². The van der Waals surface area contributed by atoms with Gasteiger partial charge in [-0.15, -0.1) is 0 Å². The van der Waals surface area contributed by atoms with Crippen LogP contribution in [0.4, 0.5) is 0 Å². The standard InChI is InChI=1S/C16H18BrNO3S/c1-11-8-12(2)16(9-15(11)17)22(19,20)18-10-13-4-6-14(21-3)7-5-13/h4-9,18H,10H2,1-3H3. The molecule has 4 nitrogen and oxygen atoms in total. The van der Waals surface area contributed by atoms with Gasteiger partial charge in [0.1, 0.15) is 5.75 Å². The van der Waals surface area contributed by atoms with Crippen LogP contribution in [0.15, 0.2) is 45.8 Å². The molecule has 118 valence electrons. The quantitative estimate of drug-likeness (QED) is 0.858. The smallest absolute Gasteiger partial charge is 0.241 e. The number of hydrogen-bond donors (Lipinski definition) is 1. The average molecular weight is 384 g/mol. The average Bonchev–Trinajstić information content (AvgIpc) is 2.49. The molecule has 0 fully saturated rings. The second-order valence-electron chi connectivity index (χ2n) is 5.04. The number of benzene rings is 2. The second-order valence-corrected chi connectivity index (χ2v) is 7.63. The number of hydrogen-bond acceptors (Lipinski definition) is 3. The Labute approximate surface area is 139 Å². The third-order valence-corrected chi connectivity index (χ3v) is 5.77. The lowest BCUT2D eigenvalue weighted by atomic mass is 10.2. The number of methoxy groups -OCH3 is 1. The number of halogens is 1. The summed E-state index contributed by atoms with van der Waals surface area (Å²) in [5, 5.41) is 0. The maximum absolute atomic E-state index is 12.5. The van der Waals surface area contributed by atoms with Crippen molar-refractivity contribution in [2.45, 2.75) is 25.3 Å². The van der Waals surface area contributed by atoms with Crippen molar-refractivity contribution in [2.24, 2.45) is 0 Å². The maximum atomic E-state index is 12.5. The number of sulfonamides is 1. The van der Waals surface area contributed by atoms with E-state index in [1.807, 2.05) is 25.1 Å². The molecule has 0 radical (unpaired) electrons. The molecule has 0 saturated carbocycles. The third kappa shape index (κ3) is 3.88. The van der Waals surface area contributed by atoms with Crippen LogP contribution >= 0.6 is 15.9 Å². The summed E-state index contributed by atoms with van der Waals surface area (Å²) in [4.78, 5) is 0.290. The van der Waals surface area contributed by atoms with E-state index in [9.17, 15) is 8.42 Å². The Bertz CT molecular complexity index is 771. The molecule has 0 unspecified atom stereocenters. The summed E-state index contributed by atoms with van der Waals surface area (Å²) in [5.41, 5.74) is 2.60. The van der Waals surface area contributed by atoms with E-state index in [-0.39, 0.29) is 6.54 Å². The molecular formula is C16H18BrNO3S. The topological polar surface area (TPSA) is 55.4 Å². The SMILES string of the molecule is COc1ccc(CNS(=O)(=O)c2cc(Br)c(C)cc2C)cc1. The first kappa shape index (κ1) is 17.0. The summed E-state index contributed by atoms with van der Waals surface area (Å²) in [5.74, 6) is 0.741. The molecule has 2 aromatic carbocycles. The zero-order valence-electron chi connectivity index (χ0n) is 12.7. The number of rotatable bonds is 5. The Morgan fingerprint density at radius 1 is 1.09 bits per heavy atom. The lowest BCUT2D eigenvalue weighted by Gasteiger charge is -2.11. The van der Waals surface area contributed by atoms with Gasteiger partial charge in [0.2, 0.25) is 10.0 Å². The molecule has 0 saturated heterocycles. The monoisotopic (exact) mass is 383 g/mol. The van der Waals surface area contributed by atoms with Gasteiger partial charge in [-0.25, -0.2) is 13.1 Å². The van der Waals surface area contributed by atoms with Crippen LogP contribution in [0.3, 0.4) is 0 Å². The van der Waals surface area contributed by atoms with E-state index in [0.717, 1.165) is 26.9 Å². The molecule has 0 bridgehead atoms. The van der Waals surface area contributed by atoms with Crippen LogP contribution in [0.25, 0.3) is 0 Å². The predicted molar refractivity (Wildman–Crippen MR) is 90.6 cm³/mol. The van der Waals surface area contributed by atoms with Crippen molar-refractivity contribution in [1.29, 1.82) is 0 Å². The highest BCUT2D eigenvalue weighted by atomic mass is 79.9. The Morgan fingerprint density at radius 3 is 2.32 bits per heavy atom. The zero-order chi connectivity index (χ0) is 16.3. The van der Waals surface area contributed by atoms with Crippen LogP contribution in [0, 0.1) is 13.8 Å². The van der Waals surface area contributed by atoms with Gasteiger partial charge >= 0.3 is 0 Å². The molecule has 0 aliphatic rings. The fourth-order valence-electron chi connectivity index (χ4n) is 2.10. The molecule has 0 aliphatic heterocycles. The summed E-state index contributed by atoms with van der Waals surface area (Å²) in [6.07, 6.45) is 0. The van der Waals surface area contributed by atoms with Gasteiger partial charge in [0.15, 0.2) is 0 Å². The van der Waals surface area contributed by atoms with Crippen molar-refractivity contribution in [3.05, 3.63) is 57.6 Å². The van der Waals surface area contributed by atoms with Crippen molar-refractivity contribution < 1.29 is 13.2 Å². The molecule has 0 heterocycles. The van der Waals surface area contributed by atoms with Gasteiger partial charge in [0, 0.05) is 11.0 Å². The minimum atomic E-state index is -3.56. The van der Waals surface area contributed by atoms with Gasteiger partial charge in [-0.3, -0.25) is 0 Å². The first-order valence-electron chi connectivity index (χ1n) is 6.73. The van der Waals surface area contributed by atoms with Crippen molar-refractivity contribution >= 4 is 26.0 Å². The van der Waals surface area contributed by atoms with Crippen LogP contribution in [-0.2, 0) is 16.6 Å². The number of nitrogens with one attached hydrogen (secondary N) is 1. The predicted octanol–water partition coefficient (Wildman–Crippen LogP) is 3.55. The Balaban J connectivity index is 2.19. The Hall–Kier alpha value is -1.37. The van der Waals surface area contributed by atoms with E-state index in [0.29, 0.717) is 4.90 Å². The first-order valence-corrected chi connectivity index (χ1v) is 9.00. The summed E-state index contributed by atoms with van der Waals surface area (Å²) in [6.45, 7) is 3.96. The highest BCUT2D eigenvalue weighted by Gasteiger charge is 2.17.